The quantitative estimate of drug-likeness (QED) is 0.682. The van der Waals surface area contributed by atoms with Crippen LogP contribution in [0.1, 0.15) is 44.1 Å². The number of halogens is 2. The number of piperazine rings is 1. The average Bonchev–Trinajstić information content (AvgIpc) is 2.68. The molecule has 3 rings (SSSR count). The second kappa shape index (κ2) is 10.0. The van der Waals surface area contributed by atoms with E-state index in [0.29, 0.717) is 30.2 Å². The van der Waals surface area contributed by atoms with Crippen LogP contribution < -0.4 is 10.6 Å². The first-order valence-corrected chi connectivity index (χ1v) is 10.3. The van der Waals surface area contributed by atoms with Crippen LogP contribution in [0.4, 0.5) is 4.39 Å². The Morgan fingerprint density at radius 2 is 2.21 bits per heavy atom. The van der Waals surface area contributed by atoms with E-state index in [1.807, 2.05) is 4.90 Å². The Morgan fingerprint density at radius 3 is 2.96 bits per heavy atom. The molecule has 1 saturated heterocycles. The van der Waals surface area contributed by atoms with Gasteiger partial charge < -0.3 is 10.6 Å². The fourth-order valence-electron chi connectivity index (χ4n) is 3.80. The molecule has 0 radical (unpaired) electrons. The van der Waals surface area contributed by atoms with Crippen molar-refractivity contribution in [2.24, 2.45) is 0 Å². The van der Waals surface area contributed by atoms with E-state index in [-0.39, 0.29) is 24.8 Å². The van der Waals surface area contributed by atoms with E-state index >= 15 is 0 Å². The van der Waals surface area contributed by atoms with Crippen molar-refractivity contribution in [2.75, 3.05) is 19.6 Å². The Morgan fingerprint density at radius 1 is 1.36 bits per heavy atom. The summed E-state index contributed by atoms with van der Waals surface area (Å²) in [5.74, 6) is -0.769. The lowest BCUT2D eigenvalue weighted by molar-refractivity contribution is -0.134. The van der Waals surface area contributed by atoms with Gasteiger partial charge in [0.1, 0.15) is 5.82 Å². The molecule has 1 aromatic carbocycles. The molecule has 1 atom stereocenters. The zero-order valence-corrected chi connectivity index (χ0v) is 16.7. The lowest BCUT2D eigenvalue weighted by Gasteiger charge is -2.35. The lowest BCUT2D eigenvalue weighted by atomic mass is 9.97. The van der Waals surface area contributed by atoms with Gasteiger partial charge in [-0.25, -0.2) is 4.39 Å². The summed E-state index contributed by atoms with van der Waals surface area (Å²) in [6.07, 6.45) is 7.87. The molecule has 1 heterocycles. The molecule has 152 valence electrons. The van der Waals surface area contributed by atoms with E-state index in [9.17, 15) is 14.0 Å². The summed E-state index contributed by atoms with van der Waals surface area (Å²) in [6.45, 7) is 1.79. The van der Waals surface area contributed by atoms with E-state index < -0.39 is 11.9 Å². The summed E-state index contributed by atoms with van der Waals surface area (Å²) in [4.78, 5) is 26.6. The number of benzene rings is 1. The molecule has 2 amide bonds. The van der Waals surface area contributed by atoms with E-state index in [1.165, 1.54) is 24.5 Å². The highest BCUT2D eigenvalue weighted by atomic mass is 35.5. The molecule has 0 unspecified atom stereocenters. The Bertz CT molecular complexity index is 733. The molecule has 28 heavy (non-hydrogen) atoms. The number of carbonyl (C=O) groups is 2. The first kappa shape index (κ1) is 20.8. The highest BCUT2D eigenvalue weighted by molar-refractivity contribution is 6.31. The minimum Gasteiger partial charge on any atom is -0.356 e. The van der Waals surface area contributed by atoms with Crippen LogP contribution in [-0.4, -0.2) is 42.4 Å². The summed E-state index contributed by atoms with van der Waals surface area (Å²) in [7, 11) is 0. The predicted molar refractivity (Wildman–Crippen MR) is 107 cm³/mol. The molecule has 1 aromatic rings. The highest BCUT2D eigenvalue weighted by Gasteiger charge is 2.32. The molecular formula is C21H27ClFN3O2. The van der Waals surface area contributed by atoms with Gasteiger partial charge in [-0.1, -0.05) is 29.3 Å². The Hall–Kier alpha value is -1.92. The Kier molecular flexibility index (Phi) is 7.45. The maximum Gasteiger partial charge on any atom is 0.237 e. The number of nitrogens with zero attached hydrogens (tertiary/aromatic N) is 1. The van der Waals surface area contributed by atoms with Gasteiger partial charge in [0.15, 0.2) is 0 Å². The van der Waals surface area contributed by atoms with Gasteiger partial charge in [0, 0.05) is 36.8 Å². The summed E-state index contributed by atoms with van der Waals surface area (Å²) in [5.41, 5.74) is 1.76. The third-order valence-corrected chi connectivity index (χ3v) is 5.75. The molecule has 0 spiro atoms. The standard InChI is InChI=1S/C21H27ClFN3O2/c22-17-7-4-8-18(23)16(17)14-26-12-11-25-21(28)19(26)13-20(27)24-10-9-15-5-2-1-3-6-15/h4-5,7-8,19H,1-3,6,9-14H2,(H,24,27)(H,25,28)/t19-/m0/s1. The van der Waals surface area contributed by atoms with Crippen molar-refractivity contribution in [3.8, 4) is 0 Å². The molecule has 0 saturated carbocycles. The predicted octanol–water partition coefficient (Wildman–Crippen LogP) is 3.18. The number of hydrogen-bond donors (Lipinski definition) is 2. The van der Waals surface area contributed by atoms with Gasteiger partial charge in [0.05, 0.1) is 12.5 Å². The van der Waals surface area contributed by atoms with Crippen molar-refractivity contribution in [3.05, 3.63) is 46.3 Å². The van der Waals surface area contributed by atoms with Crippen LogP contribution in [0, 0.1) is 5.82 Å². The number of nitrogens with one attached hydrogen (secondary N) is 2. The minimum atomic E-state index is -0.627. The van der Waals surface area contributed by atoms with Crippen molar-refractivity contribution in [1.82, 2.24) is 15.5 Å². The monoisotopic (exact) mass is 407 g/mol. The average molecular weight is 408 g/mol. The van der Waals surface area contributed by atoms with Crippen molar-refractivity contribution in [3.63, 3.8) is 0 Å². The summed E-state index contributed by atoms with van der Waals surface area (Å²) >= 11 is 6.13. The molecule has 0 bridgehead atoms. The van der Waals surface area contributed by atoms with Gasteiger partial charge in [-0.15, -0.1) is 0 Å². The van der Waals surface area contributed by atoms with Crippen LogP contribution in [-0.2, 0) is 16.1 Å². The summed E-state index contributed by atoms with van der Waals surface area (Å²) in [5, 5.41) is 6.04. The van der Waals surface area contributed by atoms with Gasteiger partial charge >= 0.3 is 0 Å². The van der Waals surface area contributed by atoms with Gasteiger partial charge in [-0.05, 0) is 44.2 Å². The molecule has 5 nitrogen and oxygen atoms in total. The molecular weight excluding hydrogens is 381 g/mol. The number of carbonyl (C=O) groups excluding carboxylic acids is 2. The maximum absolute atomic E-state index is 14.1. The second-order valence-electron chi connectivity index (χ2n) is 7.39. The minimum absolute atomic E-state index is 0.0525. The van der Waals surface area contributed by atoms with Gasteiger partial charge in [0.25, 0.3) is 0 Å². The molecule has 2 N–H and O–H groups in total. The fraction of sp³-hybridized carbons (Fsp3) is 0.524. The van der Waals surface area contributed by atoms with E-state index in [0.717, 1.165) is 19.3 Å². The van der Waals surface area contributed by atoms with Gasteiger partial charge in [-0.3, -0.25) is 14.5 Å². The van der Waals surface area contributed by atoms with Crippen LogP contribution in [0.15, 0.2) is 29.8 Å². The van der Waals surface area contributed by atoms with Crippen molar-refractivity contribution in [2.45, 2.75) is 51.1 Å². The van der Waals surface area contributed by atoms with E-state index in [4.69, 9.17) is 11.6 Å². The SMILES string of the molecule is O=C(C[C@H]1C(=O)NCCN1Cc1c(F)cccc1Cl)NCCC1=CCCCC1. The zero-order chi connectivity index (χ0) is 19.9. The molecule has 1 fully saturated rings. The summed E-state index contributed by atoms with van der Waals surface area (Å²) in [6, 6.07) is 3.91. The van der Waals surface area contributed by atoms with Gasteiger partial charge in [-0.2, -0.15) is 0 Å². The Labute approximate surface area is 170 Å². The Balaban J connectivity index is 1.56. The van der Waals surface area contributed by atoms with Crippen LogP contribution >= 0.6 is 11.6 Å². The molecule has 0 aromatic heterocycles. The van der Waals surface area contributed by atoms with Crippen LogP contribution in [0.3, 0.4) is 0 Å². The van der Waals surface area contributed by atoms with Crippen molar-refractivity contribution in [1.29, 1.82) is 0 Å². The molecule has 1 aliphatic heterocycles. The lowest BCUT2D eigenvalue weighted by Crippen LogP contribution is -2.56. The number of allylic oxidation sites excluding steroid dienone is 1. The largest absolute Gasteiger partial charge is 0.356 e. The van der Waals surface area contributed by atoms with E-state index in [2.05, 4.69) is 16.7 Å². The second-order valence-corrected chi connectivity index (χ2v) is 7.80. The molecule has 2 aliphatic rings. The fourth-order valence-corrected chi connectivity index (χ4v) is 4.02. The first-order chi connectivity index (χ1) is 13.5. The number of rotatable bonds is 7. The highest BCUT2D eigenvalue weighted by Crippen LogP contribution is 2.23. The van der Waals surface area contributed by atoms with E-state index in [1.54, 1.807) is 12.1 Å². The van der Waals surface area contributed by atoms with Crippen molar-refractivity contribution >= 4 is 23.4 Å². The molecule has 7 heteroatoms. The normalized spacial score (nSPS) is 20.4. The third-order valence-electron chi connectivity index (χ3n) is 5.40. The third kappa shape index (κ3) is 5.55. The number of hydrogen-bond acceptors (Lipinski definition) is 3. The van der Waals surface area contributed by atoms with Gasteiger partial charge in [0.2, 0.25) is 11.8 Å². The zero-order valence-electron chi connectivity index (χ0n) is 16.0. The van der Waals surface area contributed by atoms with Crippen LogP contribution in [0.25, 0.3) is 0 Å². The smallest absolute Gasteiger partial charge is 0.237 e. The van der Waals surface area contributed by atoms with Crippen LogP contribution in [0.2, 0.25) is 5.02 Å². The molecule has 1 aliphatic carbocycles. The number of amides is 2. The maximum atomic E-state index is 14.1. The van der Waals surface area contributed by atoms with Crippen molar-refractivity contribution < 1.29 is 14.0 Å². The topological polar surface area (TPSA) is 61.4 Å². The first-order valence-electron chi connectivity index (χ1n) is 9.94. The summed E-state index contributed by atoms with van der Waals surface area (Å²) < 4.78 is 14.1. The van der Waals surface area contributed by atoms with Crippen LogP contribution in [0.5, 0.6) is 0 Å².